The fraction of sp³-hybridized carbons (Fsp3) is 0.615. The number of carbonyl (C=O) groups is 1. The quantitative estimate of drug-likeness (QED) is 0.749. The van der Waals surface area contributed by atoms with Crippen molar-refractivity contribution in [2.75, 3.05) is 25.1 Å². The summed E-state index contributed by atoms with van der Waals surface area (Å²) >= 11 is 0. The Kier molecular flexibility index (Phi) is 4.12. The van der Waals surface area contributed by atoms with Crippen LogP contribution in [0.5, 0.6) is 0 Å². The monoisotopic (exact) mass is 249 g/mol. The van der Waals surface area contributed by atoms with Gasteiger partial charge in [-0.3, -0.25) is 0 Å². The molecule has 0 N–H and O–H groups in total. The van der Waals surface area contributed by atoms with Crippen LogP contribution in [-0.2, 0) is 4.74 Å². The minimum Gasteiger partial charge on any atom is -0.464 e. The minimum absolute atomic E-state index is 0.254. The molecular formula is C13H19N3O2. The van der Waals surface area contributed by atoms with Crippen molar-refractivity contribution in [3.8, 4) is 0 Å². The number of carbonyl (C=O) groups excluding carboxylic acids is 1. The first-order chi connectivity index (χ1) is 8.70. The molecule has 5 nitrogen and oxygen atoms in total. The second-order valence-electron chi connectivity index (χ2n) is 4.79. The smallest absolute Gasteiger partial charge is 0.358 e. The molecule has 5 heteroatoms. The standard InChI is InChI=1S/C13H19N3O2/c1-10-4-3-8-16(9-7-10)12-6-5-11(14-15-12)13(17)18-2/h5-6,10H,3-4,7-9H2,1-2H3. The Balaban J connectivity index is 2.06. The number of hydrogen-bond acceptors (Lipinski definition) is 5. The van der Waals surface area contributed by atoms with Crippen molar-refractivity contribution < 1.29 is 9.53 Å². The molecule has 1 aromatic rings. The fourth-order valence-electron chi connectivity index (χ4n) is 2.20. The van der Waals surface area contributed by atoms with Gasteiger partial charge in [0.1, 0.15) is 0 Å². The maximum atomic E-state index is 11.3. The first-order valence-corrected chi connectivity index (χ1v) is 6.37. The highest BCUT2D eigenvalue weighted by Crippen LogP contribution is 2.20. The zero-order chi connectivity index (χ0) is 13.0. The van der Waals surface area contributed by atoms with Crippen LogP contribution < -0.4 is 4.90 Å². The number of rotatable bonds is 2. The van der Waals surface area contributed by atoms with Crippen molar-refractivity contribution in [3.05, 3.63) is 17.8 Å². The molecular weight excluding hydrogens is 230 g/mol. The van der Waals surface area contributed by atoms with E-state index < -0.39 is 5.97 Å². The van der Waals surface area contributed by atoms with Crippen LogP contribution in [-0.4, -0.2) is 36.4 Å². The lowest BCUT2D eigenvalue weighted by molar-refractivity contribution is 0.0592. The molecule has 0 radical (unpaired) electrons. The van der Waals surface area contributed by atoms with E-state index in [1.165, 1.54) is 26.4 Å². The highest BCUT2D eigenvalue weighted by Gasteiger charge is 2.16. The molecule has 0 spiro atoms. The Morgan fingerprint density at radius 1 is 1.33 bits per heavy atom. The summed E-state index contributed by atoms with van der Waals surface area (Å²) in [7, 11) is 1.34. The Bertz CT molecular complexity index is 405. The van der Waals surface area contributed by atoms with Crippen LogP contribution in [0.2, 0.25) is 0 Å². The van der Waals surface area contributed by atoms with Gasteiger partial charge >= 0.3 is 5.97 Å². The van der Waals surface area contributed by atoms with Crippen LogP contribution in [0.3, 0.4) is 0 Å². The minimum atomic E-state index is -0.446. The highest BCUT2D eigenvalue weighted by atomic mass is 16.5. The third kappa shape index (κ3) is 2.97. The average Bonchev–Trinajstić information content (AvgIpc) is 2.63. The molecule has 0 aliphatic carbocycles. The maximum absolute atomic E-state index is 11.3. The van der Waals surface area contributed by atoms with E-state index in [1.54, 1.807) is 6.07 Å². The number of nitrogens with zero attached hydrogens (tertiary/aromatic N) is 3. The molecule has 1 aliphatic rings. The normalized spacial score (nSPS) is 20.3. The Morgan fingerprint density at radius 3 is 2.83 bits per heavy atom. The van der Waals surface area contributed by atoms with Crippen molar-refractivity contribution in [1.29, 1.82) is 0 Å². The summed E-state index contributed by atoms with van der Waals surface area (Å²) in [5, 5.41) is 8.02. The van der Waals surface area contributed by atoms with Crippen molar-refractivity contribution in [2.45, 2.75) is 26.2 Å². The van der Waals surface area contributed by atoms with E-state index in [0.29, 0.717) is 0 Å². The van der Waals surface area contributed by atoms with Gasteiger partial charge in [0.15, 0.2) is 11.5 Å². The van der Waals surface area contributed by atoms with Crippen molar-refractivity contribution in [1.82, 2.24) is 10.2 Å². The number of ether oxygens (including phenoxy) is 1. The van der Waals surface area contributed by atoms with Crippen LogP contribution >= 0.6 is 0 Å². The largest absolute Gasteiger partial charge is 0.464 e. The summed E-state index contributed by atoms with van der Waals surface area (Å²) < 4.78 is 4.60. The van der Waals surface area contributed by atoms with E-state index >= 15 is 0 Å². The van der Waals surface area contributed by atoms with Gasteiger partial charge in [0.2, 0.25) is 0 Å². The van der Waals surface area contributed by atoms with Crippen LogP contribution in [0.1, 0.15) is 36.7 Å². The van der Waals surface area contributed by atoms with Gasteiger partial charge in [0.25, 0.3) is 0 Å². The van der Waals surface area contributed by atoms with E-state index in [9.17, 15) is 4.79 Å². The van der Waals surface area contributed by atoms with E-state index in [4.69, 9.17) is 0 Å². The number of anilines is 1. The molecule has 2 rings (SSSR count). The van der Waals surface area contributed by atoms with Gasteiger partial charge in [-0.15, -0.1) is 10.2 Å². The SMILES string of the molecule is COC(=O)c1ccc(N2CCCC(C)CC2)nn1. The zero-order valence-corrected chi connectivity index (χ0v) is 10.9. The van der Waals surface area contributed by atoms with Gasteiger partial charge in [-0.2, -0.15) is 0 Å². The Hall–Kier alpha value is -1.65. The van der Waals surface area contributed by atoms with Gasteiger partial charge in [-0.05, 0) is 37.3 Å². The molecule has 1 aromatic heterocycles. The molecule has 18 heavy (non-hydrogen) atoms. The summed E-state index contributed by atoms with van der Waals surface area (Å²) in [6, 6.07) is 3.51. The summed E-state index contributed by atoms with van der Waals surface area (Å²) in [6.45, 7) is 4.31. The van der Waals surface area contributed by atoms with Gasteiger partial charge in [0.05, 0.1) is 7.11 Å². The molecule has 1 atom stereocenters. The summed E-state index contributed by atoms with van der Waals surface area (Å²) in [5.41, 5.74) is 0.254. The first kappa shape index (κ1) is 12.8. The molecule has 1 saturated heterocycles. The lowest BCUT2D eigenvalue weighted by atomic mass is 10.0. The Morgan fingerprint density at radius 2 is 2.17 bits per heavy atom. The number of aromatic nitrogens is 2. The number of hydrogen-bond donors (Lipinski definition) is 0. The molecule has 98 valence electrons. The molecule has 1 aliphatic heterocycles. The van der Waals surface area contributed by atoms with Gasteiger partial charge in [-0.1, -0.05) is 6.92 Å². The van der Waals surface area contributed by atoms with Crippen molar-refractivity contribution in [3.63, 3.8) is 0 Å². The summed E-state index contributed by atoms with van der Waals surface area (Å²) in [4.78, 5) is 13.5. The summed E-state index contributed by atoms with van der Waals surface area (Å²) in [5.74, 6) is 1.17. The molecule has 1 unspecified atom stereocenters. The Labute approximate surface area is 107 Å². The maximum Gasteiger partial charge on any atom is 0.358 e. The molecule has 0 aromatic carbocycles. The lowest BCUT2D eigenvalue weighted by Crippen LogP contribution is -2.25. The van der Waals surface area contributed by atoms with E-state index in [1.807, 2.05) is 6.07 Å². The molecule has 1 fully saturated rings. The van der Waals surface area contributed by atoms with E-state index in [0.717, 1.165) is 24.8 Å². The topological polar surface area (TPSA) is 55.3 Å². The molecule has 0 amide bonds. The van der Waals surface area contributed by atoms with Crippen LogP contribution in [0.25, 0.3) is 0 Å². The predicted molar refractivity (Wildman–Crippen MR) is 68.6 cm³/mol. The third-order valence-corrected chi connectivity index (χ3v) is 3.39. The average molecular weight is 249 g/mol. The predicted octanol–water partition coefficient (Wildman–Crippen LogP) is 1.89. The highest BCUT2D eigenvalue weighted by molar-refractivity contribution is 5.86. The second kappa shape index (κ2) is 5.80. The van der Waals surface area contributed by atoms with E-state index in [2.05, 4.69) is 26.8 Å². The van der Waals surface area contributed by atoms with Crippen LogP contribution in [0.4, 0.5) is 5.82 Å². The molecule has 0 saturated carbocycles. The second-order valence-corrected chi connectivity index (χ2v) is 4.79. The molecule has 0 bridgehead atoms. The number of esters is 1. The fourth-order valence-corrected chi connectivity index (χ4v) is 2.20. The summed E-state index contributed by atoms with van der Waals surface area (Å²) in [6.07, 6.45) is 3.63. The number of methoxy groups -OCH3 is 1. The van der Waals surface area contributed by atoms with E-state index in [-0.39, 0.29) is 5.69 Å². The van der Waals surface area contributed by atoms with Crippen LogP contribution in [0.15, 0.2) is 12.1 Å². The third-order valence-electron chi connectivity index (χ3n) is 3.39. The van der Waals surface area contributed by atoms with Crippen molar-refractivity contribution in [2.24, 2.45) is 5.92 Å². The van der Waals surface area contributed by atoms with Gasteiger partial charge in [0, 0.05) is 13.1 Å². The van der Waals surface area contributed by atoms with Gasteiger partial charge < -0.3 is 9.64 Å². The van der Waals surface area contributed by atoms with Crippen molar-refractivity contribution >= 4 is 11.8 Å². The van der Waals surface area contributed by atoms with Crippen LogP contribution in [0, 0.1) is 5.92 Å². The lowest BCUT2D eigenvalue weighted by Gasteiger charge is -2.20. The van der Waals surface area contributed by atoms with Gasteiger partial charge in [-0.25, -0.2) is 4.79 Å². The molecule has 2 heterocycles. The first-order valence-electron chi connectivity index (χ1n) is 6.37. The zero-order valence-electron chi connectivity index (χ0n) is 10.9.